The van der Waals surface area contributed by atoms with Gasteiger partial charge in [0.05, 0.1) is 43.1 Å². The van der Waals surface area contributed by atoms with Gasteiger partial charge in [-0.1, -0.05) is 41.9 Å². The monoisotopic (exact) mass is 449 g/mol. The third-order valence-corrected chi connectivity index (χ3v) is 4.85. The molecule has 0 amide bonds. The molecule has 3 rings (SSSR count). The van der Waals surface area contributed by atoms with Gasteiger partial charge in [-0.15, -0.1) is 0 Å². The first-order valence-corrected chi connectivity index (χ1v) is 10.5. The minimum absolute atomic E-state index is 0.305. The first kappa shape index (κ1) is 23.0. The molecule has 32 heavy (non-hydrogen) atoms. The van der Waals surface area contributed by atoms with Crippen LogP contribution in [0.4, 0.5) is 0 Å². The molecule has 0 aliphatic heterocycles. The molecule has 0 saturated heterocycles. The van der Waals surface area contributed by atoms with Crippen molar-refractivity contribution in [1.82, 2.24) is 5.43 Å². The minimum Gasteiger partial charge on any atom is -0.496 e. The summed E-state index contributed by atoms with van der Waals surface area (Å²) in [5.41, 5.74) is 6.33. The number of rotatable bonds is 10. The van der Waals surface area contributed by atoms with E-state index >= 15 is 0 Å². The molecule has 0 saturated carbocycles. The number of nitriles is 1. The highest BCUT2D eigenvalue weighted by molar-refractivity contribution is 6.32. The van der Waals surface area contributed by atoms with Gasteiger partial charge in [-0.3, -0.25) is 0 Å². The summed E-state index contributed by atoms with van der Waals surface area (Å²) in [6.45, 7) is 3.20. The zero-order valence-electron chi connectivity index (χ0n) is 18.0. The summed E-state index contributed by atoms with van der Waals surface area (Å²) < 4.78 is 17.0. The molecule has 7 heteroatoms. The summed E-state index contributed by atoms with van der Waals surface area (Å²) >= 11 is 6.49. The maximum atomic E-state index is 8.92. The van der Waals surface area contributed by atoms with Crippen molar-refractivity contribution in [3.05, 3.63) is 87.9 Å². The first-order chi connectivity index (χ1) is 15.6. The highest BCUT2D eigenvalue weighted by Crippen LogP contribution is 2.37. The molecule has 3 aromatic rings. The standard InChI is InChI=1S/C25H24ClN3O3/c1-3-31-24-13-20(15-28-29-16-21-6-4-5-7-23(21)30-2)12-22(26)25(24)32-17-19-10-8-18(14-27)9-11-19/h4-13,15,29H,3,16-17H2,1-2H3/b28-15-. The van der Waals surface area contributed by atoms with Crippen LogP contribution < -0.4 is 19.6 Å². The second-order valence-corrected chi connectivity index (χ2v) is 7.17. The van der Waals surface area contributed by atoms with Crippen LogP contribution in [-0.2, 0) is 13.2 Å². The van der Waals surface area contributed by atoms with Crippen LogP contribution in [0.25, 0.3) is 0 Å². The van der Waals surface area contributed by atoms with Gasteiger partial charge in [0.25, 0.3) is 0 Å². The van der Waals surface area contributed by atoms with Crippen molar-refractivity contribution >= 4 is 17.8 Å². The van der Waals surface area contributed by atoms with Gasteiger partial charge in [-0.05, 0) is 48.4 Å². The van der Waals surface area contributed by atoms with Crippen molar-refractivity contribution < 1.29 is 14.2 Å². The van der Waals surface area contributed by atoms with Gasteiger partial charge in [-0.2, -0.15) is 10.4 Å². The predicted octanol–water partition coefficient (Wildman–Crippen LogP) is 5.32. The predicted molar refractivity (Wildman–Crippen MR) is 126 cm³/mol. The van der Waals surface area contributed by atoms with E-state index < -0.39 is 0 Å². The van der Waals surface area contributed by atoms with Gasteiger partial charge in [0.1, 0.15) is 12.4 Å². The van der Waals surface area contributed by atoms with E-state index in [1.54, 1.807) is 31.5 Å². The molecular formula is C25H24ClN3O3. The average Bonchev–Trinajstić information content (AvgIpc) is 2.82. The fourth-order valence-corrected chi connectivity index (χ4v) is 3.27. The lowest BCUT2D eigenvalue weighted by atomic mass is 10.1. The Morgan fingerprint density at radius 2 is 1.84 bits per heavy atom. The Bertz CT molecular complexity index is 1110. The van der Waals surface area contributed by atoms with E-state index in [1.165, 1.54) is 0 Å². The summed E-state index contributed by atoms with van der Waals surface area (Å²) in [6.07, 6.45) is 1.67. The van der Waals surface area contributed by atoms with Crippen LogP contribution >= 0.6 is 11.6 Å². The zero-order valence-corrected chi connectivity index (χ0v) is 18.7. The molecule has 6 nitrogen and oxygen atoms in total. The number of ether oxygens (including phenoxy) is 3. The second-order valence-electron chi connectivity index (χ2n) is 6.77. The maximum Gasteiger partial charge on any atom is 0.180 e. The largest absolute Gasteiger partial charge is 0.496 e. The highest BCUT2D eigenvalue weighted by Gasteiger charge is 2.12. The summed E-state index contributed by atoms with van der Waals surface area (Å²) in [6, 6.07) is 20.7. The molecule has 0 aliphatic carbocycles. The normalized spacial score (nSPS) is 10.6. The number of benzene rings is 3. The van der Waals surface area contributed by atoms with Crippen molar-refractivity contribution in [2.45, 2.75) is 20.1 Å². The van der Waals surface area contributed by atoms with E-state index in [0.717, 1.165) is 22.4 Å². The van der Waals surface area contributed by atoms with Crippen molar-refractivity contribution in [2.24, 2.45) is 5.10 Å². The van der Waals surface area contributed by atoms with Crippen LogP contribution in [0.3, 0.4) is 0 Å². The smallest absolute Gasteiger partial charge is 0.180 e. The molecule has 0 bridgehead atoms. The number of nitrogens with zero attached hydrogens (tertiary/aromatic N) is 2. The number of hydrogen-bond donors (Lipinski definition) is 1. The van der Waals surface area contributed by atoms with Crippen LogP contribution in [0.2, 0.25) is 5.02 Å². The van der Waals surface area contributed by atoms with Gasteiger partial charge in [0, 0.05) is 5.56 Å². The lowest BCUT2D eigenvalue weighted by Gasteiger charge is -2.14. The molecule has 0 heterocycles. The summed E-state index contributed by atoms with van der Waals surface area (Å²) in [7, 11) is 1.64. The third-order valence-electron chi connectivity index (χ3n) is 4.56. The van der Waals surface area contributed by atoms with Crippen LogP contribution in [0.1, 0.15) is 29.2 Å². The molecule has 0 radical (unpaired) electrons. The van der Waals surface area contributed by atoms with E-state index in [-0.39, 0.29) is 0 Å². The van der Waals surface area contributed by atoms with E-state index in [4.69, 9.17) is 31.1 Å². The molecule has 1 N–H and O–H groups in total. The number of hydrogen-bond acceptors (Lipinski definition) is 6. The Labute approximate surface area is 193 Å². The summed E-state index contributed by atoms with van der Waals surface area (Å²) in [5.74, 6) is 1.82. The van der Waals surface area contributed by atoms with Gasteiger partial charge in [-0.25, -0.2) is 0 Å². The number of nitrogens with one attached hydrogen (secondary N) is 1. The number of halogens is 1. The van der Waals surface area contributed by atoms with Crippen LogP contribution in [0.15, 0.2) is 65.8 Å². The summed E-state index contributed by atoms with van der Waals surface area (Å²) in [4.78, 5) is 0. The van der Waals surface area contributed by atoms with Gasteiger partial charge < -0.3 is 19.6 Å². The lowest BCUT2D eigenvalue weighted by Crippen LogP contribution is -2.07. The maximum absolute atomic E-state index is 8.92. The zero-order chi connectivity index (χ0) is 22.8. The number of methoxy groups -OCH3 is 1. The van der Waals surface area contributed by atoms with Crippen LogP contribution in [0.5, 0.6) is 17.2 Å². The van der Waals surface area contributed by atoms with E-state index in [2.05, 4.69) is 16.6 Å². The average molecular weight is 450 g/mol. The van der Waals surface area contributed by atoms with Crippen LogP contribution in [0, 0.1) is 11.3 Å². The molecule has 0 aliphatic rings. The molecule has 3 aromatic carbocycles. The molecule has 0 aromatic heterocycles. The molecule has 164 valence electrons. The lowest BCUT2D eigenvalue weighted by molar-refractivity contribution is 0.269. The Hall–Kier alpha value is -3.69. The highest BCUT2D eigenvalue weighted by atomic mass is 35.5. The minimum atomic E-state index is 0.305. The van der Waals surface area contributed by atoms with E-state index in [1.807, 2.05) is 49.4 Å². The molecule has 0 unspecified atom stereocenters. The quantitative estimate of drug-likeness (QED) is 0.335. The topological polar surface area (TPSA) is 75.9 Å². The first-order valence-electron chi connectivity index (χ1n) is 10.1. The summed E-state index contributed by atoms with van der Waals surface area (Å²) in [5, 5.41) is 13.6. The second kappa shape index (κ2) is 11.6. The molecular weight excluding hydrogens is 426 g/mol. The molecule has 0 atom stereocenters. The number of para-hydroxylation sites is 1. The fraction of sp³-hybridized carbons (Fsp3) is 0.200. The van der Waals surface area contributed by atoms with Crippen molar-refractivity contribution in [3.8, 4) is 23.3 Å². The van der Waals surface area contributed by atoms with Gasteiger partial charge in [0.15, 0.2) is 11.5 Å². The SMILES string of the molecule is CCOc1cc(/C=N\NCc2ccccc2OC)cc(Cl)c1OCc1ccc(C#N)cc1. The van der Waals surface area contributed by atoms with Crippen molar-refractivity contribution in [2.75, 3.05) is 13.7 Å². The van der Waals surface area contributed by atoms with Gasteiger partial charge in [0.2, 0.25) is 0 Å². The van der Waals surface area contributed by atoms with Crippen molar-refractivity contribution in [3.63, 3.8) is 0 Å². The van der Waals surface area contributed by atoms with E-state index in [9.17, 15) is 0 Å². The Balaban J connectivity index is 1.68. The van der Waals surface area contributed by atoms with Gasteiger partial charge >= 0.3 is 0 Å². The molecule has 0 fully saturated rings. The fourth-order valence-electron chi connectivity index (χ4n) is 3.00. The third kappa shape index (κ3) is 6.16. The van der Waals surface area contributed by atoms with Crippen molar-refractivity contribution in [1.29, 1.82) is 5.26 Å². The van der Waals surface area contributed by atoms with Crippen LogP contribution in [-0.4, -0.2) is 19.9 Å². The Morgan fingerprint density at radius 1 is 1.06 bits per heavy atom. The molecule has 0 spiro atoms. The van der Waals surface area contributed by atoms with E-state index in [0.29, 0.717) is 41.8 Å². The Kier molecular flexibility index (Phi) is 8.36. The Morgan fingerprint density at radius 3 is 2.56 bits per heavy atom. The number of hydrazone groups is 1.